The molecule has 0 aromatic carbocycles. The lowest BCUT2D eigenvalue weighted by molar-refractivity contribution is 0.192. The van der Waals surface area contributed by atoms with E-state index in [1.165, 1.54) is 0 Å². The van der Waals surface area contributed by atoms with Crippen molar-refractivity contribution in [2.45, 2.75) is 19.9 Å². The number of likely N-dealkylation sites (N-methyl/N-ethyl adjacent to an activating group) is 1. The topological polar surface area (TPSA) is 57.4 Å². The van der Waals surface area contributed by atoms with Crippen LogP contribution in [0.4, 0.5) is 0 Å². The first-order valence-corrected chi connectivity index (χ1v) is 6.71. The van der Waals surface area contributed by atoms with E-state index in [0.717, 1.165) is 63.9 Å². The lowest BCUT2D eigenvalue weighted by atomic mass is 10.3. The molecule has 1 saturated heterocycles. The van der Waals surface area contributed by atoms with Gasteiger partial charge in [-0.05, 0) is 7.05 Å². The van der Waals surface area contributed by atoms with E-state index in [1.807, 2.05) is 6.92 Å². The Kier molecular flexibility index (Phi) is 5.10. The van der Waals surface area contributed by atoms with E-state index in [2.05, 4.69) is 32.3 Å². The quantitative estimate of drug-likeness (QED) is 0.768. The summed E-state index contributed by atoms with van der Waals surface area (Å²) >= 11 is 0. The lowest BCUT2D eigenvalue weighted by Crippen LogP contribution is -2.45. The molecule has 1 aliphatic heterocycles. The number of aromatic nitrogens is 2. The number of nitrogens with zero attached hydrogens (tertiary/aromatic N) is 4. The SMILES string of the molecule is CCc1noc(CN(C)CCN2CCNCC2)n1. The maximum absolute atomic E-state index is 5.19. The zero-order chi connectivity index (χ0) is 12.8. The summed E-state index contributed by atoms with van der Waals surface area (Å²) in [4.78, 5) is 9.04. The summed E-state index contributed by atoms with van der Waals surface area (Å²) in [6, 6.07) is 0. The van der Waals surface area contributed by atoms with Gasteiger partial charge in [0.15, 0.2) is 5.82 Å². The molecule has 6 heteroatoms. The predicted octanol–water partition coefficient (Wildman–Crippen LogP) is -0.0310. The van der Waals surface area contributed by atoms with Crippen LogP contribution in [0.2, 0.25) is 0 Å². The molecule has 0 amide bonds. The van der Waals surface area contributed by atoms with Crippen LogP contribution in [-0.4, -0.2) is 66.3 Å². The molecule has 18 heavy (non-hydrogen) atoms. The highest BCUT2D eigenvalue weighted by molar-refractivity contribution is 4.85. The van der Waals surface area contributed by atoms with E-state index >= 15 is 0 Å². The van der Waals surface area contributed by atoms with Crippen LogP contribution >= 0.6 is 0 Å². The molecule has 1 aromatic heterocycles. The third-order valence-electron chi connectivity index (χ3n) is 3.24. The molecule has 1 fully saturated rings. The van der Waals surface area contributed by atoms with E-state index < -0.39 is 0 Å². The maximum atomic E-state index is 5.19. The largest absolute Gasteiger partial charge is 0.338 e. The van der Waals surface area contributed by atoms with Crippen LogP contribution in [0.3, 0.4) is 0 Å². The van der Waals surface area contributed by atoms with Gasteiger partial charge in [0.1, 0.15) is 0 Å². The van der Waals surface area contributed by atoms with Crippen molar-refractivity contribution in [3.63, 3.8) is 0 Å². The van der Waals surface area contributed by atoms with Crippen molar-refractivity contribution in [3.8, 4) is 0 Å². The summed E-state index contributed by atoms with van der Waals surface area (Å²) in [6.07, 6.45) is 0.827. The van der Waals surface area contributed by atoms with Crippen molar-refractivity contribution < 1.29 is 4.52 Å². The van der Waals surface area contributed by atoms with Gasteiger partial charge >= 0.3 is 0 Å². The van der Waals surface area contributed by atoms with Crippen molar-refractivity contribution in [2.24, 2.45) is 0 Å². The monoisotopic (exact) mass is 253 g/mol. The molecule has 0 aliphatic carbocycles. The number of nitrogens with one attached hydrogen (secondary N) is 1. The molecule has 1 aliphatic rings. The second kappa shape index (κ2) is 6.82. The van der Waals surface area contributed by atoms with Gasteiger partial charge < -0.3 is 9.84 Å². The third-order valence-corrected chi connectivity index (χ3v) is 3.24. The molecular weight excluding hydrogens is 230 g/mol. The minimum Gasteiger partial charge on any atom is -0.338 e. The Morgan fingerprint density at radius 1 is 1.39 bits per heavy atom. The molecule has 1 aromatic rings. The minimum absolute atomic E-state index is 0.717. The standard InChI is InChI=1S/C12H23N5O/c1-3-11-14-12(18-15-11)10-16(2)8-9-17-6-4-13-5-7-17/h13H,3-10H2,1-2H3. The number of aryl methyl sites for hydroxylation is 1. The van der Waals surface area contributed by atoms with Crippen molar-refractivity contribution >= 4 is 0 Å². The number of piperazine rings is 1. The second-order valence-electron chi connectivity index (χ2n) is 4.79. The van der Waals surface area contributed by atoms with E-state index in [1.54, 1.807) is 0 Å². The molecule has 0 spiro atoms. The van der Waals surface area contributed by atoms with Crippen molar-refractivity contribution in [2.75, 3.05) is 46.3 Å². The van der Waals surface area contributed by atoms with E-state index in [9.17, 15) is 0 Å². The zero-order valence-electron chi connectivity index (χ0n) is 11.4. The number of rotatable bonds is 6. The fraction of sp³-hybridized carbons (Fsp3) is 0.833. The molecular formula is C12H23N5O. The van der Waals surface area contributed by atoms with Crippen LogP contribution in [-0.2, 0) is 13.0 Å². The fourth-order valence-corrected chi connectivity index (χ4v) is 2.05. The van der Waals surface area contributed by atoms with Gasteiger partial charge in [-0.3, -0.25) is 9.80 Å². The average molecular weight is 253 g/mol. The molecule has 1 N–H and O–H groups in total. The normalized spacial score (nSPS) is 17.5. The summed E-state index contributed by atoms with van der Waals surface area (Å²) in [6.45, 7) is 9.40. The van der Waals surface area contributed by atoms with E-state index in [0.29, 0.717) is 0 Å². The molecule has 2 rings (SSSR count). The van der Waals surface area contributed by atoms with Gasteiger partial charge in [0.25, 0.3) is 0 Å². The van der Waals surface area contributed by atoms with E-state index in [-0.39, 0.29) is 0 Å². The van der Waals surface area contributed by atoms with E-state index in [4.69, 9.17) is 4.52 Å². The Morgan fingerprint density at radius 3 is 2.83 bits per heavy atom. The van der Waals surface area contributed by atoms with Crippen LogP contribution in [0.15, 0.2) is 4.52 Å². The Labute approximate surface area is 108 Å². The number of hydrogen-bond donors (Lipinski definition) is 1. The van der Waals surface area contributed by atoms with Gasteiger partial charge in [0, 0.05) is 45.7 Å². The first-order chi connectivity index (χ1) is 8.78. The summed E-state index contributed by atoms with van der Waals surface area (Å²) < 4.78 is 5.19. The van der Waals surface area contributed by atoms with Crippen molar-refractivity contribution in [3.05, 3.63) is 11.7 Å². The first-order valence-electron chi connectivity index (χ1n) is 6.71. The fourth-order valence-electron chi connectivity index (χ4n) is 2.05. The van der Waals surface area contributed by atoms with Crippen LogP contribution in [0.1, 0.15) is 18.6 Å². The highest BCUT2D eigenvalue weighted by Gasteiger charge is 2.12. The Hall–Kier alpha value is -0.980. The van der Waals surface area contributed by atoms with Gasteiger partial charge in [-0.2, -0.15) is 4.98 Å². The number of hydrogen-bond acceptors (Lipinski definition) is 6. The summed E-state index contributed by atoms with van der Waals surface area (Å²) in [5, 5.41) is 7.27. The van der Waals surface area contributed by atoms with Gasteiger partial charge in [-0.1, -0.05) is 12.1 Å². The van der Waals surface area contributed by atoms with Crippen LogP contribution < -0.4 is 5.32 Å². The molecule has 0 saturated carbocycles. The molecule has 2 heterocycles. The van der Waals surface area contributed by atoms with Crippen molar-refractivity contribution in [1.29, 1.82) is 0 Å². The Balaban J connectivity index is 1.69. The highest BCUT2D eigenvalue weighted by Crippen LogP contribution is 2.02. The lowest BCUT2D eigenvalue weighted by Gasteiger charge is -2.28. The molecule has 0 bridgehead atoms. The Morgan fingerprint density at radius 2 is 2.17 bits per heavy atom. The highest BCUT2D eigenvalue weighted by atomic mass is 16.5. The zero-order valence-corrected chi connectivity index (χ0v) is 11.4. The molecule has 6 nitrogen and oxygen atoms in total. The summed E-state index contributed by atoms with van der Waals surface area (Å²) in [5.41, 5.74) is 0. The third kappa shape index (κ3) is 4.04. The summed E-state index contributed by atoms with van der Waals surface area (Å²) in [5.74, 6) is 1.51. The first kappa shape index (κ1) is 13.5. The van der Waals surface area contributed by atoms with Gasteiger partial charge in [0.05, 0.1) is 6.54 Å². The smallest absolute Gasteiger partial charge is 0.240 e. The van der Waals surface area contributed by atoms with Crippen LogP contribution in [0.25, 0.3) is 0 Å². The summed E-state index contributed by atoms with van der Waals surface area (Å²) in [7, 11) is 2.10. The minimum atomic E-state index is 0.717. The maximum Gasteiger partial charge on any atom is 0.240 e. The molecule has 0 unspecified atom stereocenters. The second-order valence-corrected chi connectivity index (χ2v) is 4.79. The van der Waals surface area contributed by atoms with Gasteiger partial charge in [-0.15, -0.1) is 0 Å². The molecule has 0 radical (unpaired) electrons. The average Bonchev–Trinajstić information content (AvgIpc) is 2.85. The van der Waals surface area contributed by atoms with Crippen LogP contribution in [0.5, 0.6) is 0 Å². The predicted molar refractivity (Wildman–Crippen MR) is 69.3 cm³/mol. The van der Waals surface area contributed by atoms with Crippen molar-refractivity contribution in [1.82, 2.24) is 25.3 Å². The molecule has 0 atom stereocenters. The molecule has 102 valence electrons. The Bertz CT molecular complexity index is 348. The van der Waals surface area contributed by atoms with Gasteiger partial charge in [0.2, 0.25) is 5.89 Å². The van der Waals surface area contributed by atoms with Gasteiger partial charge in [-0.25, -0.2) is 0 Å². The van der Waals surface area contributed by atoms with Crippen LogP contribution in [0, 0.1) is 0 Å².